The molecule has 4 heteroatoms. The lowest BCUT2D eigenvalue weighted by Crippen LogP contribution is -2.33. The van der Waals surface area contributed by atoms with Gasteiger partial charge in [-0.1, -0.05) is 72.0 Å². The van der Waals surface area contributed by atoms with Crippen LogP contribution in [-0.2, 0) is 5.41 Å². The largest absolute Gasteiger partial charge is 0.439 e. The maximum Gasteiger partial charge on any atom is 0.197 e. The Morgan fingerprint density at radius 1 is 1.13 bits per heavy atom. The number of para-hydroxylation sites is 2. The first-order chi connectivity index (χ1) is 15.0. The van der Waals surface area contributed by atoms with Gasteiger partial charge in [0.05, 0.1) is 5.69 Å². The van der Waals surface area contributed by atoms with Crippen molar-refractivity contribution < 1.29 is 4.74 Å². The summed E-state index contributed by atoms with van der Waals surface area (Å²) >= 11 is 2.55. The van der Waals surface area contributed by atoms with Crippen molar-refractivity contribution in [3.8, 4) is 17.6 Å². The molecular formula is C27H27IN2O. The van der Waals surface area contributed by atoms with Crippen LogP contribution >= 0.6 is 22.6 Å². The van der Waals surface area contributed by atoms with Gasteiger partial charge < -0.3 is 15.0 Å². The quantitative estimate of drug-likeness (QED) is 0.229. The molecule has 3 aromatic rings. The molecule has 1 N–H and O–H groups in total. The van der Waals surface area contributed by atoms with E-state index in [0.29, 0.717) is 0 Å². The molecule has 0 fully saturated rings. The molecule has 4 rings (SSSR count). The molecule has 2 unspecified atom stereocenters. The lowest BCUT2D eigenvalue weighted by atomic mass is 9.74. The Hall–Kier alpha value is -2.65. The molecule has 0 bridgehead atoms. The van der Waals surface area contributed by atoms with Crippen molar-refractivity contribution in [2.45, 2.75) is 29.6 Å². The number of rotatable bonds is 5. The topological polar surface area (TPSA) is 24.5 Å². The smallest absolute Gasteiger partial charge is 0.197 e. The van der Waals surface area contributed by atoms with E-state index in [4.69, 9.17) is 4.74 Å². The lowest BCUT2D eigenvalue weighted by molar-refractivity contribution is 0.433. The van der Waals surface area contributed by atoms with Gasteiger partial charge >= 0.3 is 0 Å². The molecule has 0 saturated carbocycles. The van der Waals surface area contributed by atoms with E-state index in [-0.39, 0.29) is 9.34 Å². The van der Waals surface area contributed by atoms with Gasteiger partial charge in [-0.2, -0.15) is 0 Å². The van der Waals surface area contributed by atoms with Crippen LogP contribution in [0.4, 0.5) is 11.4 Å². The molecule has 0 amide bonds. The van der Waals surface area contributed by atoms with Crippen molar-refractivity contribution in [2.75, 3.05) is 24.3 Å². The highest BCUT2D eigenvalue weighted by molar-refractivity contribution is 14.1. The summed E-state index contributed by atoms with van der Waals surface area (Å²) in [5.74, 6) is 8.25. The van der Waals surface area contributed by atoms with E-state index in [1.165, 1.54) is 16.3 Å². The first-order valence-corrected chi connectivity index (χ1v) is 11.7. The second-order valence-electron chi connectivity index (χ2n) is 8.02. The predicted molar refractivity (Wildman–Crippen MR) is 140 cm³/mol. The van der Waals surface area contributed by atoms with Crippen molar-refractivity contribution >= 4 is 44.7 Å². The van der Waals surface area contributed by atoms with Gasteiger partial charge in [0.1, 0.15) is 0 Å². The third-order valence-corrected chi connectivity index (χ3v) is 7.81. The Bertz CT molecular complexity index is 1210. The zero-order valence-corrected chi connectivity index (χ0v) is 20.5. The number of fused-ring (bicyclic) bond motifs is 2. The fourth-order valence-corrected chi connectivity index (χ4v) is 5.11. The minimum atomic E-state index is -0.227. The molecule has 3 aromatic carbocycles. The van der Waals surface area contributed by atoms with E-state index in [2.05, 4.69) is 107 Å². The van der Waals surface area contributed by atoms with Gasteiger partial charge in [-0.3, -0.25) is 0 Å². The van der Waals surface area contributed by atoms with Crippen LogP contribution < -0.4 is 15.0 Å². The number of alkyl halides is 1. The Labute approximate surface area is 198 Å². The average molecular weight is 522 g/mol. The van der Waals surface area contributed by atoms with Crippen molar-refractivity contribution in [1.82, 2.24) is 0 Å². The van der Waals surface area contributed by atoms with E-state index in [9.17, 15) is 0 Å². The molecule has 158 valence electrons. The average Bonchev–Trinajstić information content (AvgIpc) is 3.11. The molecule has 1 aliphatic heterocycles. The van der Waals surface area contributed by atoms with Gasteiger partial charge in [0.2, 0.25) is 0 Å². The summed E-state index contributed by atoms with van der Waals surface area (Å²) in [6, 6.07) is 21.1. The van der Waals surface area contributed by atoms with Crippen LogP contribution in [0.15, 0.2) is 72.6 Å². The number of nitrogens with zero attached hydrogens (tertiary/aromatic N) is 1. The summed E-state index contributed by atoms with van der Waals surface area (Å²) in [5, 5.41) is 5.93. The fraction of sp³-hybridized carbons (Fsp3) is 0.259. The van der Waals surface area contributed by atoms with Crippen molar-refractivity contribution in [3.63, 3.8) is 0 Å². The SMILES string of the molecule is CC#CCC(C)(c1c(NC)ccc2ccccc12)C(I)/C=C1\Oc2ccccc2N1C. The molecule has 0 radical (unpaired) electrons. The number of nitrogens with one attached hydrogen (secondary N) is 1. The molecular weight excluding hydrogens is 495 g/mol. The maximum absolute atomic E-state index is 6.20. The second-order valence-corrected chi connectivity index (χ2v) is 9.36. The first kappa shape index (κ1) is 21.6. The standard InChI is InChI=1S/C27H27IN2O/c1-5-6-17-27(2,26-20-12-8-7-11-19(20)15-16-21(26)29-3)24(28)18-25-30(4)22-13-9-10-14-23(22)31-25/h7-16,18,24,29H,17H2,1-4H3/b25-18-. The van der Waals surface area contributed by atoms with Crippen LogP contribution in [0.1, 0.15) is 25.8 Å². The van der Waals surface area contributed by atoms with Crippen LogP contribution in [0, 0.1) is 11.8 Å². The van der Waals surface area contributed by atoms with Gasteiger partial charge in [0, 0.05) is 35.5 Å². The van der Waals surface area contributed by atoms with Gasteiger partial charge in [0.25, 0.3) is 0 Å². The molecule has 0 saturated heterocycles. The highest BCUT2D eigenvalue weighted by atomic mass is 127. The monoisotopic (exact) mass is 522 g/mol. The summed E-state index contributed by atoms with van der Waals surface area (Å²) in [4.78, 5) is 2.12. The normalized spacial score (nSPS) is 16.8. The Morgan fingerprint density at radius 2 is 1.87 bits per heavy atom. The number of ether oxygens (including phenoxy) is 1. The Kier molecular flexibility index (Phi) is 6.15. The van der Waals surface area contributed by atoms with Crippen LogP contribution in [0.3, 0.4) is 0 Å². The van der Waals surface area contributed by atoms with Crippen molar-refractivity contribution in [1.29, 1.82) is 0 Å². The number of hydrogen-bond acceptors (Lipinski definition) is 3. The number of allylic oxidation sites excluding steroid dienone is 1. The number of benzene rings is 3. The third-order valence-electron chi connectivity index (χ3n) is 6.07. The minimum Gasteiger partial charge on any atom is -0.439 e. The summed E-state index contributed by atoms with van der Waals surface area (Å²) < 4.78 is 6.35. The molecule has 2 atom stereocenters. The van der Waals surface area contributed by atoms with Crippen LogP contribution in [0.2, 0.25) is 0 Å². The third kappa shape index (κ3) is 3.87. The van der Waals surface area contributed by atoms with E-state index in [1.54, 1.807) is 0 Å². The molecule has 0 aliphatic carbocycles. The van der Waals surface area contributed by atoms with E-state index >= 15 is 0 Å². The molecule has 0 aromatic heterocycles. The Balaban J connectivity index is 1.84. The highest BCUT2D eigenvalue weighted by Crippen LogP contribution is 2.45. The van der Waals surface area contributed by atoms with Crippen molar-refractivity contribution in [2.24, 2.45) is 0 Å². The number of hydrogen-bond donors (Lipinski definition) is 1. The minimum absolute atomic E-state index is 0.149. The molecule has 1 heterocycles. The molecule has 31 heavy (non-hydrogen) atoms. The first-order valence-electron chi connectivity index (χ1n) is 10.5. The Morgan fingerprint density at radius 3 is 2.61 bits per heavy atom. The fourth-order valence-electron chi connectivity index (χ4n) is 4.27. The van der Waals surface area contributed by atoms with Crippen LogP contribution in [-0.4, -0.2) is 18.0 Å². The van der Waals surface area contributed by atoms with Gasteiger partial charge in [-0.25, -0.2) is 0 Å². The maximum atomic E-state index is 6.20. The van der Waals surface area contributed by atoms with Crippen LogP contribution in [0.25, 0.3) is 10.8 Å². The van der Waals surface area contributed by atoms with Gasteiger partial charge in [-0.05, 0) is 47.5 Å². The van der Waals surface area contributed by atoms with Crippen molar-refractivity contribution in [3.05, 3.63) is 78.2 Å². The molecule has 3 nitrogen and oxygen atoms in total. The number of halogens is 1. The summed E-state index contributed by atoms with van der Waals surface area (Å²) in [7, 11) is 4.05. The van der Waals surface area contributed by atoms with Gasteiger partial charge in [-0.15, -0.1) is 11.8 Å². The second kappa shape index (κ2) is 8.84. The van der Waals surface area contributed by atoms with E-state index < -0.39 is 0 Å². The van der Waals surface area contributed by atoms with Crippen LogP contribution in [0.5, 0.6) is 5.75 Å². The zero-order valence-electron chi connectivity index (χ0n) is 18.4. The summed E-state index contributed by atoms with van der Waals surface area (Å²) in [6.07, 6.45) is 2.99. The van der Waals surface area contributed by atoms with E-state index in [0.717, 1.165) is 29.4 Å². The molecule has 1 aliphatic rings. The van der Waals surface area contributed by atoms with E-state index in [1.807, 2.05) is 32.2 Å². The predicted octanol–water partition coefficient (Wildman–Crippen LogP) is 6.73. The zero-order chi connectivity index (χ0) is 22.0. The lowest BCUT2D eigenvalue weighted by Gasteiger charge is -2.35. The number of anilines is 2. The molecule has 0 spiro atoms. The summed E-state index contributed by atoms with van der Waals surface area (Å²) in [5.41, 5.74) is 3.30. The highest BCUT2D eigenvalue weighted by Gasteiger charge is 2.37. The summed E-state index contributed by atoms with van der Waals surface area (Å²) in [6.45, 7) is 4.23. The van der Waals surface area contributed by atoms with Gasteiger partial charge in [0.15, 0.2) is 11.6 Å².